The van der Waals surface area contributed by atoms with Crippen LogP contribution in [0.15, 0.2) is 0 Å². The summed E-state index contributed by atoms with van der Waals surface area (Å²) in [6, 6.07) is -0.445. The van der Waals surface area contributed by atoms with Crippen LogP contribution in [0.1, 0.15) is 39.5 Å². The molecule has 3 nitrogen and oxygen atoms in total. The predicted octanol–water partition coefficient (Wildman–Crippen LogP) is 1.70. The first kappa shape index (κ1) is 11.5. The molecule has 14 heavy (non-hydrogen) atoms. The first-order chi connectivity index (χ1) is 6.65. The Hall–Kier alpha value is -0.570. The smallest absolute Gasteiger partial charge is 0.323 e. The number of carbonyl (C=O) groups excluding carboxylic acids is 1. The van der Waals surface area contributed by atoms with E-state index >= 15 is 0 Å². The minimum Gasteiger partial charge on any atom is -0.465 e. The molecule has 2 N–H and O–H groups in total. The van der Waals surface area contributed by atoms with Crippen molar-refractivity contribution in [2.45, 2.75) is 45.6 Å². The lowest BCUT2D eigenvalue weighted by Gasteiger charge is -2.16. The summed E-state index contributed by atoms with van der Waals surface area (Å²) in [7, 11) is 0. The van der Waals surface area contributed by atoms with Gasteiger partial charge in [-0.1, -0.05) is 33.1 Å². The Bertz CT molecular complexity index is 190. The first-order valence-corrected chi connectivity index (χ1v) is 5.57. The maximum absolute atomic E-state index is 11.4. The summed E-state index contributed by atoms with van der Waals surface area (Å²) >= 11 is 0. The predicted molar refractivity (Wildman–Crippen MR) is 55.7 cm³/mol. The molecule has 2 unspecified atom stereocenters. The third kappa shape index (κ3) is 3.66. The third-order valence-corrected chi connectivity index (χ3v) is 3.00. The average molecular weight is 199 g/mol. The summed E-state index contributed by atoms with van der Waals surface area (Å²) < 4.78 is 5.11. The molecule has 0 aromatic heterocycles. The van der Waals surface area contributed by atoms with E-state index in [1.807, 2.05) is 13.8 Å². The molecule has 2 atom stereocenters. The number of carbonyl (C=O) groups is 1. The minimum absolute atomic E-state index is 0.212. The van der Waals surface area contributed by atoms with Crippen molar-refractivity contribution in [3.63, 3.8) is 0 Å². The second kappa shape index (κ2) is 5.35. The van der Waals surface area contributed by atoms with E-state index in [-0.39, 0.29) is 11.9 Å². The van der Waals surface area contributed by atoms with E-state index in [2.05, 4.69) is 0 Å². The Balaban J connectivity index is 2.11. The van der Waals surface area contributed by atoms with Crippen molar-refractivity contribution in [1.82, 2.24) is 0 Å². The molecule has 0 radical (unpaired) electrons. The lowest BCUT2D eigenvalue weighted by molar-refractivity contribution is -0.146. The van der Waals surface area contributed by atoms with Crippen molar-refractivity contribution in [1.29, 1.82) is 0 Å². The fraction of sp³-hybridized carbons (Fsp3) is 0.909. The number of esters is 1. The molecule has 0 saturated heterocycles. The minimum atomic E-state index is -0.445. The summed E-state index contributed by atoms with van der Waals surface area (Å²) in [5.41, 5.74) is 5.73. The molecular weight excluding hydrogens is 178 g/mol. The lowest BCUT2D eigenvalue weighted by Crippen LogP contribution is -2.38. The number of hydrogen-bond acceptors (Lipinski definition) is 3. The lowest BCUT2D eigenvalue weighted by atomic mass is 10.0. The van der Waals surface area contributed by atoms with Crippen LogP contribution >= 0.6 is 0 Å². The zero-order valence-corrected chi connectivity index (χ0v) is 9.16. The zero-order chi connectivity index (χ0) is 10.6. The monoisotopic (exact) mass is 199 g/mol. The molecule has 0 aromatic carbocycles. The van der Waals surface area contributed by atoms with Gasteiger partial charge in [0.15, 0.2) is 0 Å². The van der Waals surface area contributed by atoms with E-state index in [1.54, 1.807) is 0 Å². The Labute approximate surface area is 86.0 Å². The highest BCUT2D eigenvalue weighted by molar-refractivity contribution is 5.75. The van der Waals surface area contributed by atoms with Gasteiger partial charge in [-0.25, -0.2) is 0 Å². The summed E-state index contributed by atoms with van der Waals surface area (Å²) in [6.07, 6.45) is 4.53. The number of nitrogens with two attached hydrogens (primary N) is 1. The molecule has 0 bridgehead atoms. The van der Waals surface area contributed by atoms with Crippen LogP contribution < -0.4 is 5.73 Å². The van der Waals surface area contributed by atoms with Gasteiger partial charge in [0.05, 0.1) is 6.61 Å². The van der Waals surface area contributed by atoms with Crippen molar-refractivity contribution >= 4 is 5.97 Å². The largest absolute Gasteiger partial charge is 0.465 e. The molecule has 3 heteroatoms. The molecule has 0 heterocycles. The van der Waals surface area contributed by atoms with Gasteiger partial charge in [-0.15, -0.1) is 0 Å². The van der Waals surface area contributed by atoms with Crippen LogP contribution in [-0.2, 0) is 9.53 Å². The van der Waals surface area contributed by atoms with E-state index in [1.165, 1.54) is 12.8 Å². The van der Waals surface area contributed by atoms with Gasteiger partial charge in [-0.2, -0.15) is 0 Å². The fourth-order valence-electron chi connectivity index (χ4n) is 1.32. The van der Waals surface area contributed by atoms with Crippen LogP contribution in [0.25, 0.3) is 0 Å². The van der Waals surface area contributed by atoms with Crippen molar-refractivity contribution in [2.75, 3.05) is 6.61 Å². The quantitative estimate of drug-likeness (QED) is 0.662. The topological polar surface area (TPSA) is 52.3 Å². The fourth-order valence-corrected chi connectivity index (χ4v) is 1.32. The van der Waals surface area contributed by atoms with E-state index < -0.39 is 6.04 Å². The van der Waals surface area contributed by atoms with Crippen molar-refractivity contribution in [3.05, 3.63) is 0 Å². The average Bonchev–Trinajstić information content (AvgIpc) is 2.99. The highest BCUT2D eigenvalue weighted by Crippen LogP contribution is 2.32. The van der Waals surface area contributed by atoms with Crippen molar-refractivity contribution in [2.24, 2.45) is 17.6 Å². The molecule has 82 valence electrons. The number of hydrogen-bond donors (Lipinski definition) is 1. The van der Waals surface area contributed by atoms with E-state index in [0.29, 0.717) is 6.61 Å². The molecule has 0 aromatic rings. The van der Waals surface area contributed by atoms with Crippen LogP contribution in [0.3, 0.4) is 0 Å². The maximum atomic E-state index is 11.4. The highest BCUT2D eigenvalue weighted by Gasteiger charge is 2.23. The summed E-state index contributed by atoms with van der Waals surface area (Å²) in [5, 5.41) is 0. The van der Waals surface area contributed by atoms with Crippen LogP contribution in [0.5, 0.6) is 0 Å². The van der Waals surface area contributed by atoms with Gasteiger partial charge in [-0.3, -0.25) is 4.79 Å². The van der Waals surface area contributed by atoms with Gasteiger partial charge in [0.2, 0.25) is 0 Å². The molecule has 1 aliphatic rings. The molecular formula is C11H21NO2. The third-order valence-electron chi connectivity index (χ3n) is 3.00. The van der Waals surface area contributed by atoms with E-state index in [0.717, 1.165) is 18.8 Å². The molecule has 1 fully saturated rings. The Morgan fingerprint density at radius 2 is 2.21 bits per heavy atom. The summed E-state index contributed by atoms with van der Waals surface area (Å²) in [6.45, 7) is 4.56. The highest BCUT2D eigenvalue weighted by atomic mass is 16.5. The standard InChI is InChI=1S/C11H21NO2/c1-3-8(2)10(12)11(13)14-7-6-9-4-5-9/h8-10H,3-7,12H2,1-2H3. The van der Waals surface area contributed by atoms with Crippen LogP contribution in [0.4, 0.5) is 0 Å². The normalized spacial score (nSPS) is 20.2. The van der Waals surface area contributed by atoms with Gasteiger partial charge in [0.25, 0.3) is 0 Å². The van der Waals surface area contributed by atoms with Gasteiger partial charge in [0.1, 0.15) is 6.04 Å². The Morgan fingerprint density at radius 1 is 1.57 bits per heavy atom. The van der Waals surface area contributed by atoms with E-state index in [9.17, 15) is 4.79 Å². The number of rotatable bonds is 6. The van der Waals surface area contributed by atoms with Gasteiger partial charge >= 0.3 is 5.97 Å². The van der Waals surface area contributed by atoms with Crippen LogP contribution in [0.2, 0.25) is 0 Å². The maximum Gasteiger partial charge on any atom is 0.323 e. The second-order valence-corrected chi connectivity index (χ2v) is 4.31. The van der Waals surface area contributed by atoms with E-state index in [4.69, 9.17) is 10.5 Å². The second-order valence-electron chi connectivity index (χ2n) is 4.31. The van der Waals surface area contributed by atoms with Gasteiger partial charge in [0, 0.05) is 0 Å². The molecule has 1 rings (SSSR count). The Kier molecular flexibility index (Phi) is 4.39. The van der Waals surface area contributed by atoms with Gasteiger partial charge in [-0.05, 0) is 18.3 Å². The van der Waals surface area contributed by atoms with Crippen molar-refractivity contribution in [3.8, 4) is 0 Å². The Morgan fingerprint density at radius 3 is 2.71 bits per heavy atom. The molecule has 0 spiro atoms. The SMILES string of the molecule is CCC(C)C(N)C(=O)OCCC1CC1. The molecule has 0 amide bonds. The van der Waals surface area contributed by atoms with Crippen molar-refractivity contribution < 1.29 is 9.53 Å². The number of ether oxygens (including phenoxy) is 1. The van der Waals surface area contributed by atoms with Crippen LogP contribution in [0, 0.1) is 11.8 Å². The molecule has 0 aliphatic heterocycles. The van der Waals surface area contributed by atoms with Crippen LogP contribution in [-0.4, -0.2) is 18.6 Å². The first-order valence-electron chi connectivity index (χ1n) is 5.57. The zero-order valence-electron chi connectivity index (χ0n) is 9.16. The summed E-state index contributed by atoms with van der Waals surface area (Å²) in [4.78, 5) is 11.4. The molecule has 1 aliphatic carbocycles. The molecule has 1 saturated carbocycles. The summed E-state index contributed by atoms with van der Waals surface area (Å²) in [5.74, 6) is 0.783. The van der Waals surface area contributed by atoms with Gasteiger partial charge < -0.3 is 10.5 Å².